The van der Waals surface area contributed by atoms with Crippen LogP contribution in [0.2, 0.25) is 0 Å². The average Bonchev–Trinajstić information content (AvgIpc) is 3.02. The zero-order valence-electron chi connectivity index (χ0n) is 11.0. The maximum absolute atomic E-state index is 5.42. The molecule has 0 saturated carbocycles. The lowest BCUT2D eigenvalue weighted by Gasteiger charge is -2.09. The van der Waals surface area contributed by atoms with Gasteiger partial charge in [0.1, 0.15) is 5.75 Å². The number of aryl methyl sites for hydroxylation is 1. The smallest absolute Gasteiger partial charge is 0.178 e. The summed E-state index contributed by atoms with van der Waals surface area (Å²) < 4.78 is 13.6. The van der Waals surface area contributed by atoms with E-state index in [9.17, 15) is 0 Å². The van der Waals surface area contributed by atoms with Crippen molar-refractivity contribution in [2.24, 2.45) is 5.92 Å². The van der Waals surface area contributed by atoms with Gasteiger partial charge < -0.3 is 19.0 Å². The lowest BCUT2D eigenvalue weighted by atomic mass is 10.1. The number of ether oxygens (including phenoxy) is 2. The Labute approximate surface area is 117 Å². The molecule has 2 heterocycles. The summed E-state index contributed by atoms with van der Waals surface area (Å²) in [6, 6.07) is 6.02. The van der Waals surface area contributed by atoms with Crippen LogP contribution in [0.5, 0.6) is 5.75 Å². The molecular formula is C14H18N2O2S. The summed E-state index contributed by atoms with van der Waals surface area (Å²) in [5.74, 6) is 1.52. The third-order valence-electron chi connectivity index (χ3n) is 3.77. The van der Waals surface area contributed by atoms with Crippen LogP contribution in [-0.2, 0) is 11.3 Å². The molecule has 1 fully saturated rings. The van der Waals surface area contributed by atoms with Crippen LogP contribution in [0.25, 0.3) is 11.0 Å². The Bertz CT molecular complexity index is 626. The molecule has 1 unspecified atom stereocenters. The highest BCUT2D eigenvalue weighted by Crippen LogP contribution is 2.23. The summed E-state index contributed by atoms with van der Waals surface area (Å²) >= 11 is 5.41. The molecule has 1 aromatic carbocycles. The van der Waals surface area contributed by atoms with Crippen molar-refractivity contribution in [1.82, 2.24) is 9.55 Å². The molecular weight excluding hydrogens is 260 g/mol. The number of hydrogen-bond acceptors (Lipinski definition) is 3. The summed E-state index contributed by atoms with van der Waals surface area (Å²) in [4.78, 5) is 3.24. The molecule has 19 heavy (non-hydrogen) atoms. The quantitative estimate of drug-likeness (QED) is 0.873. The third kappa shape index (κ3) is 2.53. The third-order valence-corrected chi connectivity index (χ3v) is 4.09. The van der Waals surface area contributed by atoms with Crippen LogP contribution in [0.15, 0.2) is 18.2 Å². The molecule has 1 aliphatic heterocycles. The van der Waals surface area contributed by atoms with Crippen molar-refractivity contribution in [3.63, 3.8) is 0 Å². The lowest BCUT2D eigenvalue weighted by molar-refractivity contribution is 0.183. The van der Waals surface area contributed by atoms with Crippen molar-refractivity contribution < 1.29 is 9.47 Å². The minimum Gasteiger partial charge on any atom is -0.497 e. The molecule has 5 heteroatoms. The summed E-state index contributed by atoms with van der Waals surface area (Å²) in [5.41, 5.74) is 2.18. The van der Waals surface area contributed by atoms with Gasteiger partial charge in [0.15, 0.2) is 4.77 Å². The van der Waals surface area contributed by atoms with Gasteiger partial charge in [-0.2, -0.15) is 0 Å². The normalized spacial score (nSPS) is 19.1. The molecule has 102 valence electrons. The van der Waals surface area contributed by atoms with Gasteiger partial charge in [-0.25, -0.2) is 0 Å². The Morgan fingerprint density at radius 1 is 1.53 bits per heavy atom. The Morgan fingerprint density at radius 2 is 2.42 bits per heavy atom. The van der Waals surface area contributed by atoms with Crippen molar-refractivity contribution in [1.29, 1.82) is 0 Å². The molecule has 1 aromatic heterocycles. The van der Waals surface area contributed by atoms with Crippen LogP contribution in [0.1, 0.15) is 12.8 Å². The number of H-pyrrole nitrogens is 1. The largest absolute Gasteiger partial charge is 0.497 e. The Hall–Kier alpha value is -1.33. The van der Waals surface area contributed by atoms with Crippen LogP contribution >= 0.6 is 12.2 Å². The van der Waals surface area contributed by atoms with Gasteiger partial charge in [0.05, 0.1) is 18.1 Å². The summed E-state index contributed by atoms with van der Waals surface area (Å²) in [6.07, 6.45) is 2.29. The van der Waals surface area contributed by atoms with E-state index < -0.39 is 0 Å². The highest BCUT2D eigenvalue weighted by molar-refractivity contribution is 7.71. The number of nitrogens with one attached hydrogen (secondary N) is 1. The SMILES string of the molecule is COc1ccc2c(c1)[nH]c(=S)n2CCC1CCOC1. The average molecular weight is 278 g/mol. The fraction of sp³-hybridized carbons (Fsp3) is 0.500. The van der Waals surface area contributed by atoms with Crippen molar-refractivity contribution in [2.75, 3.05) is 20.3 Å². The summed E-state index contributed by atoms with van der Waals surface area (Å²) in [6.45, 7) is 2.74. The first-order valence-electron chi connectivity index (χ1n) is 6.62. The van der Waals surface area contributed by atoms with Gasteiger partial charge in [0.2, 0.25) is 0 Å². The van der Waals surface area contributed by atoms with Gasteiger partial charge >= 0.3 is 0 Å². The lowest BCUT2D eigenvalue weighted by Crippen LogP contribution is -2.06. The number of rotatable bonds is 4. The van der Waals surface area contributed by atoms with E-state index in [0.717, 1.165) is 47.7 Å². The van der Waals surface area contributed by atoms with E-state index in [1.54, 1.807) is 7.11 Å². The standard InChI is InChI=1S/C14H18N2O2S/c1-17-11-2-3-13-12(8-11)15-14(19)16(13)6-4-10-5-7-18-9-10/h2-3,8,10H,4-7,9H2,1H3,(H,15,19). The summed E-state index contributed by atoms with van der Waals surface area (Å²) in [5, 5.41) is 0. The molecule has 0 aliphatic carbocycles. The molecule has 3 rings (SSSR count). The molecule has 1 atom stereocenters. The molecule has 1 aliphatic rings. The van der Waals surface area contributed by atoms with Crippen LogP contribution in [-0.4, -0.2) is 29.9 Å². The van der Waals surface area contributed by atoms with E-state index in [1.807, 2.05) is 12.1 Å². The minimum atomic E-state index is 0.671. The second kappa shape index (κ2) is 5.35. The molecule has 1 saturated heterocycles. The molecule has 0 spiro atoms. The predicted molar refractivity (Wildman–Crippen MR) is 77.2 cm³/mol. The number of aromatic amines is 1. The number of imidazole rings is 1. The fourth-order valence-corrected chi connectivity index (χ4v) is 2.91. The molecule has 0 amide bonds. The van der Waals surface area contributed by atoms with Gasteiger partial charge in [0.25, 0.3) is 0 Å². The van der Waals surface area contributed by atoms with Gasteiger partial charge in [-0.1, -0.05) is 0 Å². The number of nitrogens with zero attached hydrogens (tertiary/aromatic N) is 1. The first kappa shape index (κ1) is 12.7. The van der Waals surface area contributed by atoms with Gasteiger partial charge in [-0.05, 0) is 43.1 Å². The topological polar surface area (TPSA) is 39.2 Å². The highest BCUT2D eigenvalue weighted by atomic mass is 32.1. The second-order valence-corrected chi connectivity index (χ2v) is 5.37. The molecule has 2 aromatic rings. The van der Waals surface area contributed by atoms with Gasteiger partial charge in [-0.15, -0.1) is 0 Å². The Balaban J connectivity index is 1.85. The van der Waals surface area contributed by atoms with Crippen LogP contribution in [0.4, 0.5) is 0 Å². The van der Waals surface area contributed by atoms with Crippen LogP contribution < -0.4 is 4.74 Å². The summed E-state index contributed by atoms with van der Waals surface area (Å²) in [7, 11) is 1.67. The number of fused-ring (bicyclic) bond motifs is 1. The van der Waals surface area contributed by atoms with E-state index in [-0.39, 0.29) is 0 Å². The van der Waals surface area contributed by atoms with Crippen molar-refractivity contribution in [2.45, 2.75) is 19.4 Å². The van der Waals surface area contributed by atoms with Crippen molar-refractivity contribution >= 4 is 23.3 Å². The second-order valence-electron chi connectivity index (χ2n) is 4.98. The van der Waals surface area contributed by atoms with Crippen LogP contribution in [0.3, 0.4) is 0 Å². The Morgan fingerprint density at radius 3 is 3.16 bits per heavy atom. The maximum Gasteiger partial charge on any atom is 0.178 e. The molecule has 0 bridgehead atoms. The highest BCUT2D eigenvalue weighted by Gasteiger charge is 2.16. The maximum atomic E-state index is 5.42. The van der Waals surface area contributed by atoms with E-state index in [1.165, 1.54) is 6.42 Å². The Kier molecular flexibility index (Phi) is 3.57. The van der Waals surface area contributed by atoms with E-state index in [0.29, 0.717) is 5.92 Å². The predicted octanol–water partition coefficient (Wildman–Crippen LogP) is 3.13. The van der Waals surface area contributed by atoms with Gasteiger partial charge in [-0.3, -0.25) is 0 Å². The number of hydrogen-bond donors (Lipinski definition) is 1. The molecule has 1 N–H and O–H groups in total. The number of methoxy groups -OCH3 is 1. The van der Waals surface area contributed by atoms with E-state index in [4.69, 9.17) is 21.7 Å². The van der Waals surface area contributed by atoms with E-state index in [2.05, 4.69) is 15.6 Å². The van der Waals surface area contributed by atoms with E-state index >= 15 is 0 Å². The zero-order chi connectivity index (χ0) is 13.2. The number of benzene rings is 1. The van der Waals surface area contributed by atoms with Crippen molar-refractivity contribution in [3.05, 3.63) is 23.0 Å². The zero-order valence-corrected chi connectivity index (χ0v) is 11.8. The minimum absolute atomic E-state index is 0.671. The van der Waals surface area contributed by atoms with Crippen LogP contribution in [0, 0.1) is 10.7 Å². The molecule has 0 radical (unpaired) electrons. The first-order chi connectivity index (χ1) is 9.28. The molecule has 4 nitrogen and oxygen atoms in total. The fourth-order valence-electron chi connectivity index (χ4n) is 2.61. The first-order valence-corrected chi connectivity index (χ1v) is 7.03. The van der Waals surface area contributed by atoms with Crippen molar-refractivity contribution in [3.8, 4) is 5.75 Å². The number of aromatic nitrogens is 2. The van der Waals surface area contributed by atoms with Gasteiger partial charge in [0, 0.05) is 25.8 Å². The monoisotopic (exact) mass is 278 g/mol.